The number of ether oxygens (including phenoxy) is 1. The smallest absolute Gasteiger partial charge is 0.422 e. The molecule has 148 valence electrons. The number of nitrogens with one attached hydrogen (secondary N) is 1. The Labute approximate surface area is 173 Å². The van der Waals surface area contributed by atoms with Gasteiger partial charge in [0, 0.05) is 48.9 Å². The average Bonchev–Trinajstić information content (AvgIpc) is 2.53. The molecule has 5 nitrogen and oxygen atoms in total. The lowest BCUT2D eigenvalue weighted by Crippen LogP contribution is -2.50. The Morgan fingerprint density at radius 3 is 2.81 bits per heavy atom. The second kappa shape index (κ2) is 9.86. The number of pyridine rings is 1. The fourth-order valence-electron chi connectivity index (χ4n) is 2.54. The van der Waals surface area contributed by atoms with Crippen LogP contribution in [0.2, 0.25) is 0 Å². The highest BCUT2D eigenvalue weighted by Crippen LogP contribution is 2.29. The molecule has 1 fully saturated rings. The van der Waals surface area contributed by atoms with Gasteiger partial charge in [-0.25, -0.2) is 4.98 Å². The molecule has 0 aromatic carbocycles. The lowest BCUT2D eigenvalue weighted by molar-refractivity contribution is -0.154. The molecular weight excluding hydrogens is 480 g/mol. The summed E-state index contributed by atoms with van der Waals surface area (Å²) in [5.74, 6) is 1.71. The van der Waals surface area contributed by atoms with Crippen LogP contribution in [-0.4, -0.2) is 59.3 Å². The maximum absolute atomic E-state index is 12.4. The van der Waals surface area contributed by atoms with Crippen molar-refractivity contribution in [2.24, 2.45) is 4.99 Å². The summed E-state index contributed by atoms with van der Waals surface area (Å²) >= 11 is 1.92. The summed E-state index contributed by atoms with van der Waals surface area (Å²) in [6.45, 7) is 5.02. The van der Waals surface area contributed by atoms with Crippen LogP contribution in [0.1, 0.15) is 19.4 Å². The lowest BCUT2D eigenvalue weighted by Gasteiger charge is -2.39. The van der Waals surface area contributed by atoms with E-state index in [0.29, 0.717) is 5.56 Å². The minimum Gasteiger partial charge on any atom is -0.468 e. The number of rotatable bonds is 4. The fraction of sp³-hybridized carbons (Fsp3) is 0.625. The zero-order valence-corrected chi connectivity index (χ0v) is 18.1. The van der Waals surface area contributed by atoms with Gasteiger partial charge in [0.15, 0.2) is 12.6 Å². The van der Waals surface area contributed by atoms with E-state index < -0.39 is 12.8 Å². The molecule has 0 saturated carbocycles. The van der Waals surface area contributed by atoms with Gasteiger partial charge in [-0.1, -0.05) is 6.07 Å². The van der Waals surface area contributed by atoms with Gasteiger partial charge < -0.3 is 15.0 Å². The van der Waals surface area contributed by atoms with Crippen molar-refractivity contribution in [3.63, 3.8) is 0 Å². The Bertz CT molecular complexity index is 613. The largest absolute Gasteiger partial charge is 0.468 e. The molecular formula is C16H24F3IN4OS. The van der Waals surface area contributed by atoms with E-state index in [1.54, 1.807) is 19.2 Å². The third-order valence-corrected chi connectivity index (χ3v) is 4.89. The van der Waals surface area contributed by atoms with Gasteiger partial charge in [-0.05, 0) is 19.9 Å². The highest BCUT2D eigenvalue weighted by molar-refractivity contribution is 14.0. The molecule has 2 rings (SSSR count). The van der Waals surface area contributed by atoms with Crippen LogP contribution in [0.3, 0.4) is 0 Å². The average molecular weight is 504 g/mol. The normalized spacial score (nSPS) is 17.5. The minimum absolute atomic E-state index is 0. The molecule has 1 N–H and O–H groups in total. The first kappa shape index (κ1) is 23.1. The number of halogens is 4. The van der Waals surface area contributed by atoms with Gasteiger partial charge in [-0.3, -0.25) is 4.99 Å². The van der Waals surface area contributed by atoms with Gasteiger partial charge in [0.1, 0.15) is 0 Å². The summed E-state index contributed by atoms with van der Waals surface area (Å²) in [7, 11) is 1.70. The molecule has 0 unspecified atom stereocenters. The van der Waals surface area contributed by atoms with Crippen molar-refractivity contribution in [3.05, 3.63) is 23.9 Å². The summed E-state index contributed by atoms with van der Waals surface area (Å²) in [6, 6.07) is 3.36. The van der Waals surface area contributed by atoms with Gasteiger partial charge >= 0.3 is 6.18 Å². The molecule has 10 heteroatoms. The van der Waals surface area contributed by atoms with E-state index in [2.05, 4.69) is 34.0 Å². The van der Waals surface area contributed by atoms with Crippen LogP contribution in [0.15, 0.2) is 23.3 Å². The topological polar surface area (TPSA) is 49.8 Å². The van der Waals surface area contributed by atoms with Gasteiger partial charge in [-0.15, -0.1) is 24.0 Å². The molecule has 1 saturated heterocycles. The SMILES string of the molecule is CN=C(NCc1cccnc1OCC(F)(F)F)N1CCSC(C)(C)C1.I. The van der Waals surface area contributed by atoms with Crippen molar-refractivity contribution < 1.29 is 17.9 Å². The molecule has 0 amide bonds. The van der Waals surface area contributed by atoms with Gasteiger partial charge in [-0.2, -0.15) is 24.9 Å². The first-order valence-corrected chi connectivity index (χ1v) is 8.92. The van der Waals surface area contributed by atoms with Crippen LogP contribution in [-0.2, 0) is 6.54 Å². The Kier molecular flexibility index (Phi) is 8.77. The Morgan fingerprint density at radius 2 is 2.19 bits per heavy atom. The molecule has 1 aliphatic rings. The minimum atomic E-state index is -4.39. The van der Waals surface area contributed by atoms with Crippen LogP contribution >= 0.6 is 35.7 Å². The summed E-state index contributed by atoms with van der Waals surface area (Å²) in [5.41, 5.74) is 0.554. The highest BCUT2D eigenvalue weighted by atomic mass is 127. The maximum atomic E-state index is 12.4. The van der Waals surface area contributed by atoms with Gasteiger partial charge in [0.2, 0.25) is 5.88 Å². The zero-order chi connectivity index (χ0) is 18.5. The predicted molar refractivity (Wildman–Crippen MR) is 110 cm³/mol. The number of nitrogens with zero attached hydrogens (tertiary/aromatic N) is 3. The zero-order valence-electron chi connectivity index (χ0n) is 15.0. The van der Waals surface area contributed by atoms with E-state index in [4.69, 9.17) is 4.74 Å². The van der Waals surface area contributed by atoms with Gasteiger partial charge in [0.25, 0.3) is 0 Å². The third-order valence-electron chi connectivity index (χ3n) is 3.60. The Morgan fingerprint density at radius 1 is 1.46 bits per heavy atom. The summed E-state index contributed by atoms with van der Waals surface area (Å²) in [4.78, 5) is 10.3. The van der Waals surface area contributed by atoms with E-state index in [1.165, 1.54) is 6.20 Å². The fourth-order valence-corrected chi connectivity index (χ4v) is 3.65. The van der Waals surface area contributed by atoms with Crippen molar-refractivity contribution >= 4 is 41.7 Å². The number of alkyl halides is 3. The number of hydrogen-bond donors (Lipinski definition) is 1. The van der Waals surface area contributed by atoms with Crippen molar-refractivity contribution in [2.45, 2.75) is 31.3 Å². The second-order valence-corrected chi connectivity index (χ2v) is 8.10. The van der Waals surface area contributed by atoms with Crippen molar-refractivity contribution in [2.75, 3.05) is 32.5 Å². The summed E-state index contributed by atoms with van der Waals surface area (Å²) in [5, 5.41) is 3.20. The second-order valence-electron chi connectivity index (χ2n) is 6.30. The third kappa shape index (κ3) is 7.37. The van der Waals surface area contributed by atoms with Crippen molar-refractivity contribution in [1.29, 1.82) is 0 Å². The molecule has 2 heterocycles. The van der Waals surface area contributed by atoms with E-state index in [0.717, 1.165) is 24.8 Å². The molecule has 26 heavy (non-hydrogen) atoms. The van der Waals surface area contributed by atoms with Crippen LogP contribution < -0.4 is 10.1 Å². The van der Waals surface area contributed by atoms with Crippen LogP contribution in [0, 0.1) is 0 Å². The van der Waals surface area contributed by atoms with E-state index in [-0.39, 0.29) is 41.1 Å². The molecule has 0 atom stereocenters. The molecule has 1 aromatic heterocycles. The quantitative estimate of drug-likeness (QED) is 0.387. The summed E-state index contributed by atoms with van der Waals surface area (Å²) < 4.78 is 42.0. The first-order valence-electron chi connectivity index (χ1n) is 7.93. The number of hydrogen-bond acceptors (Lipinski definition) is 4. The molecule has 0 radical (unpaired) electrons. The molecule has 0 bridgehead atoms. The van der Waals surface area contributed by atoms with E-state index in [9.17, 15) is 13.2 Å². The first-order chi connectivity index (χ1) is 11.7. The van der Waals surface area contributed by atoms with Crippen molar-refractivity contribution in [3.8, 4) is 5.88 Å². The summed E-state index contributed by atoms with van der Waals surface area (Å²) in [6.07, 6.45) is -2.98. The van der Waals surface area contributed by atoms with Crippen LogP contribution in [0.4, 0.5) is 13.2 Å². The Balaban J connectivity index is 0.00000338. The van der Waals surface area contributed by atoms with E-state index in [1.807, 2.05) is 11.8 Å². The van der Waals surface area contributed by atoms with E-state index >= 15 is 0 Å². The van der Waals surface area contributed by atoms with Crippen molar-refractivity contribution in [1.82, 2.24) is 15.2 Å². The molecule has 1 aromatic rings. The highest BCUT2D eigenvalue weighted by Gasteiger charge is 2.30. The number of thioether (sulfide) groups is 1. The number of aromatic nitrogens is 1. The van der Waals surface area contributed by atoms with Crippen LogP contribution in [0.25, 0.3) is 0 Å². The number of guanidine groups is 1. The molecule has 0 spiro atoms. The predicted octanol–water partition coefficient (Wildman–Crippen LogP) is 3.54. The van der Waals surface area contributed by atoms with Crippen LogP contribution in [0.5, 0.6) is 5.88 Å². The molecule has 1 aliphatic heterocycles. The standard InChI is InChI=1S/C16H23F3N4OS.HI/c1-15(2)10-23(7-8-25-15)14(20-3)22-9-12-5-4-6-21-13(12)24-11-16(17,18)19;/h4-6H,7-11H2,1-3H3,(H,20,22);1H. The Hall–Kier alpha value is -0.910. The molecule has 0 aliphatic carbocycles. The lowest BCUT2D eigenvalue weighted by atomic mass is 10.2. The maximum Gasteiger partial charge on any atom is 0.422 e. The number of aliphatic imine (C=N–C) groups is 1. The van der Waals surface area contributed by atoms with Gasteiger partial charge in [0.05, 0.1) is 0 Å². The monoisotopic (exact) mass is 504 g/mol.